The number of ether oxygens (including phenoxy) is 1. The monoisotopic (exact) mass is 313 g/mol. The molecule has 2 rings (SSSR count). The van der Waals surface area contributed by atoms with Gasteiger partial charge < -0.3 is 4.74 Å². The van der Waals surface area contributed by atoms with Gasteiger partial charge in [0.2, 0.25) is 0 Å². The molecule has 0 aromatic heterocycles. The predicted octanol–water partition coefficient (Wildman–Crippen LogP) is 3.70. The molecule has 0 aliphatic heterocycles. The first-order valence-corrected chi connectivity index (χ1v) is 7.95. The van der Waals surface area contributed by atoms with Crippen LogP contribution in [0.25, 0.3) is 0 Å². The number of carbonyl (C=O) groups excluding carboxylic acids is 1. The summed E-state index contributed by atoms with van der Waals surface area (Å²) in [5.74, 6) is -0.0503. The highest BCUT2D eigenvalue weighted by atomic mass is 16.5. The maximum Gasteiger partial charge on any atom is 0.251 e. The fourth-order valence-electron chi connectivity index (χ4n) is 2.42. The number of hydrogen-bond acceptors (Lipinski definition) is 3. The Hall–Kier alpha value is -2.33. The minimum atomic E-state index is -0.438. The van der Waals surface area contributed by atoms with Crippen molar-refractivity contribution in [2.45, 2.75) is 32.1 Å². The average molecular weight is 313 g/mol. The van der Waals surface area contributed by atoms with Crippen LogP contribution in [-0.2, 0) is 11.2 Å². The van der Waals surface area contributed by atoms with E-state index in [1.54, 1.807) is 5.48 Å². The average Bonchev–Trinajstić information content (AvgIpc) is 2.61. The molecule has 23 heavy (non-hydrogen) atoms. The summed E-state index contributed by atoms with van der Waals surface area (Å²) in [7, 11) is 0. The van der Waals surface area contributed by atoms with E-state index in [-0.39, 0.29) is 0 Å². The third kappa shape index (κ3) is 5.11. The van der Waals surface area contributed by atoms with E-state index in [9.17, 15) is 4.79 Å². The van der Waals surface area contributed by atoms with Gasteiger partial charge in [-0.05, 0) is 36.1 Å². The lowest BCUT2D eigenvalue weighted by molar-refractivity contribution is -0.130. The summed E-state index contributed by atoms with van der Waals surface area (Å²) in [6, 6.07) is 17.3. The van der Waals surface area contributed by atoms with Gasteiger partial charge >= 0.3 is 0 Å². The van der Waals surface area contributed by atoms with Crippen molar-refractivity contribution < 1.29 is 14.7 Å². The van der Waals surface area contributed by atoms with Gasteiger partial charge in [0.1, 0.15) is 5.75 Å². The van der Waals surface area contributed by atoms with Crippen LogP contribution in [0, 0.1) is 0 Å². The van der Waals surface area contributed by atoms with Gasteiger partial charge in [-0.1, -0.05) is 55.8 Å². The standard InChI is InChI=1S/C19H23NO3/c1-2-3-13-23-17-11-9-16(10-12-17)18(19(21)20-22)14-15-7-5-4-6-8-15/h4-12,18,22H,2-3,13-14H2,1H3,(H,20,21). The number of rotatable bonds is 8. The van der Waals surface area contributed by atoms with Crippen molar-refractivity contribution in [3.63, 3.8) is 0 Å². The fraction of sp³-hybridized carbons (Fsp3) is 0.316. The van der Waals surface area contributed by atoms with Gasteiger partial charge in [-0.2, -0.15) is 0 Å². The van der Waals surface area contributed by atoms with Crippen molar-refractivity contribution in [2.24, 2.45) is 0 Å². The zero-order valence-electron chi connectivity index (χ0n) is 13.4. The number of hydroxylamine groups is 1. The lowest BCUT2D eigenvalue weighted by Crippen LogP contribution is -2.27. The molecule has 0 fully saturated rings. The van der Waals surface area contributed by atoms with Crippen molar-refractivity contribution in [3.05, 3.63) is 65.7 Å². The van der Waals surface area contributed by atoms with Crippen molar-refractivity contribution in [1.29, 1.82) is 0 Å². The van der Waals surface area contributed by atoms with Crippen molar-refractivity contribution >= 4 is 5.91 Å². The Morgan fingerprint density at radius 1 is 1.13 bits per heavy atom. The van der Waals surface area contributed by atoms with Crippen LogP contribution in [0.4, 0.5) is 0 Å². The highest BCUT2D eigenvalue weighted by molar-refractivity contribution is 5.83. The molecule has 1 unspecified atom stereocenters. The van der Waals surface area contributed by atoms with E-state index in [0.717, 1.165) is 29.7 Å². The van der Waals surface area contributed by atoms with Crippen molar-refractivity contribution in [2.75, 3.05) is 6.61 Å². The molecule has 1 amide bonds. The molecule has 4 heteroatoms. The van der Waals surface area contributed by atoms with Gasteiger partial charge in [0.15, 0.2) is 0 Å². The molecule has 2 N–H and O–H groups in total. The molecule has 2 aromatic rings. The van der Waals surface area contributed by atoms with Gasteiger partial charge in [-0.25, -0.2) is 5.48 Å². The molecular formula is C19H23NO3. The number of amides is 1. The molecule has 0 saturated carbocycles. The first kappa shape index (κ1) is 17.0. The smallest absolute Gasteiger partial charge is 0.251 e. The first-order valence-electron chi connectivity index (χ1n) is 7.95. The molecule has 2 aromatic carbocycles. The van der Waals surface area contributed by atoms with Gasteiger partial charge in [0.25, 0.3) is 5.91 Å². The van der Waals surface area contributed by atoms with E-state index in [2.05, 4.69) is 6.92 Å². The van der Waals surface area contributed by atoms with E-state index < -0.39 is 11.8 Å². The summed E-state index contributed by atoms with van der Waals surface area (Å²) in [5.41, 5.74) is 3.67. The zero-order chi connectivity index (χ0) is 16.5. The molecule has 122 valence electrons. The Morgan fingerprint density at radius 2 is 1.83 bits per heavy atom. The van der Waals surface area contributed by atoms with Gasteiger partial charge in [-0.3, -0.25) is 10.0 Å². The highest BCUT2D eigenvalue weighted by Gasteiger charge is 2.20. The Morgan fingerprint density at radius 3 is 2.43 bits per heavy atom. The molecule has 0 saturated heterocycles. The summed E-state index contributed by atoms with van der Waals surface area (Å²) < 4.78 is 5.64. The molecule has 1 atom stereocenters. The van der Waals surface area contributed by atoms with Gasteiger partial charge in [-0.15, -0.1) is 0 Å². The third-order valence-corrected chi connectivity index (χ3v) is 3.76. The molecular weight excluding hydrogens is 290 g/mol. The summed E-state index contributed by atoms with van der Waals surface area (Å²) >= 11 is 0. The second-order valence-corrected chi connectivity index (χ2v) is 5.49. The largest absolute Gasteiger partial charge is 0.494 e. The van der Waals surface area contributed by atoms with E-state index in [1.165, 1.54) is 0 Å². The van der Waals surface area contributed by atoms with Crippen LogP contribution < -0.4 is 10.2 Å². The summed E-state index contributed by atoms with van der Waals surface area (Å²) in [6.07, 6.45) is 2.64. The molecule has 0 aliphatic rings. The van der Waals surface area contributed by atoms with Crippen LogP contribution in [0.15, 0.2) is 54.6 Å². The molecule has 4 nitrogen and oxygen atoms in total. The number of nitrogens with one attached hydrogen (secondary N) is 1. The third-order valence-electron chi connectivity index (χ3n) is 3.76. The quantitative estimate of drug-likeness (QED) is 0.444. The summed E-state index contributed by atoms with van der Waals surface area (Å²) in [4.78, 5) is 12.0. The SMILES string of the molecule is CCCCOc1ccc(C(Cc2ccccc2)C(=O)NO)cc1. The highest BCUT2D eigenvalue weighted by Crippen LogP contribution is 2.24. The van der Waals surface area contributed by atoms with E-state index in [1.807, 2.05) is 54.6 Å². The van der Waals surface area contributed by atoms with Crippen molar-refractivity contribution in [3.8, 4) is 5.75 Å². The molecule has 0 spiro atoms. The van der Waals surface area contributed by atoms with E-state index in [0.29, 0.717) is 13.0 Å². The van der Waals surface area contributed by atoms with Crippen LogP contribution in [0.3, 0.4) is 0 Å². The summed E-state index contributed by atoms with van der Waals surface area (Å²) in [5, 5.41) is 9.02. The lowest BCUT2D eigenvalue weighted by atomic mass is 9.91. The van der Waals surface area contributed by atoms with Crippen molar-refractivity contribution in [1.82, 2.24) is 5.48 Å². The maximum absolute atomic E-state index is 12.0. The topological polar surface area (TPSA) is 58.6 Å². The number of unbranched alkanes of at least 4 members (excludes halogenated alkanes) is 1. The Kier molecular flexibility index (Phi) is 6.63. The van der Waals surface area contributed by atoms with E-state index in [4.69, 9.17) is 9.94 Å². The first-order chi connectivity index (χ1) is 11.2. The Bertz CT molecular complexity index is 596. The van der Waals surface area contributed by atoms with Gasteiger partial charge in [0, 0.05) is 0 Å². The second-order valence-electron chi connectivity index (χ2n) is 5.49. The van der Waals surface area contributed by atoms with Gasteiger partial charge in [0.05, 0.1) is 12.5 Å². The molecule has 0 radical (unpaired) electrons. The predicted molar refractivity (Wildman–Crippen MR) is 89.7 cm³/mol. The Balaban J connectivity index is 2.11. The zero-order valence-corrected chi connectivity index (χ0v) is 13.4. The minimum absolute atomic E-state index is 0.409. The van der Waals surface area contributed by atoms with E-state index >= 15 is 0 Å². The molecule has 0 heterocycles. The molecule has 0 aliphatic carbocycles. The van der Waals surface area contributed by atoms with Crippen LogP contribution >= 0.6 is 0 Å². The fourth-order valence-corrected chi connectivity index (χ4v) is 2.42. The van der Waals surface area contributed by atoms with Crippen LogP contribution in [-0.4, -0.2) is 17.7 Å². The minimum Gasteiger partial charge on any atom is -0.494 e. The number of carbonyl (C=O) groups is 1. The lowest BCUT2D eigenvalue weighted by Gasteiger charge is -2.16. The summed E-state index contributed by atoms with van der Waals surface area (Å²) in [6.45, 7) is 2.81. The number of benzene rings is 2. The Labute approximate surface area is 137 Å². The normalized spacial score (nSPS) is 11.7. The maximum atomic E-state index is 12.0. The van der Waals surface area contributed by atoms with Crippen LogP contribution in [0.5, 0.6) is 5.75 Å². The second kappa shape index (κ2) is 8.96. The van der Waals surface area contributed by atoms with Crippen LogP contribution in [0.2, 0.25) is 0 Å². The van der Waals surface area contributed by atoms with Crippen LogP contribution in [0.1, 0.15) is 36.8 Å². The molecule has 0 bridgehead atoms. The number of hydrogen-bond donors (Lipinski definition) is 2.